The molecule has 8 nitrogen and oxygen atoms in total. The predicted molar refractivity (Wildman–Crippen MR) is 98.3 cm³/mol. The maximum atomic E-state index is 12.4. The van der Waals surface area contributed by atoms with Gasteiger partial charge in [0.15, 0.2) is 0 Å². The second kappa shape index (κ2) is 7.52. The number of hydrogen-bond donors (Lipinski definition) is 0. The lowest BCUT2D eigenvalue weighted by Gasteiger charge is -2.16. The van der Waals surface area contributed by atoms with Crippen molar-refractivity contribution in [1.82, 2.24) is 0 Å². The zero-order valence-electron chi connectivity index (χ0n) is 13.9. The molecule has 1 atom stereocenters. The van der Waals surface area contributed by atoms with Crippen molar-refractivity contribution in [2.75, 3.05) is 0 Å². The first kappa shape index (κ1) is 17.9. The van der Waals surface area contributed by atoms with Gasteiger partial charge in [-0.3, -0.25) is 25.0 Å². The minimum Gasteiger partial charge on any atom is -0.267 e. The molecule has 1 aliphatic rings. The highest BCUT2D eigenvalue weighted by molar-refractivity contribution is 6.11. The number of carbonyl (C=O) groups excluding carboxylic acids is 1. The third-order valence-corrected chi connectivity index (χ3v) is 4.00. The number of rotatable bonds is 4. The summed E-state index contributed by atoms with van der Waals surface area (Å²) in [5.74, 6) is -1.05. The molecule has 0 N–H and O–H groups in total. The fraction of sp³-hybridized carbons (Fsp3) is 0.0526. The standard InChI is InChI=1S/C19H13N3O5/c23-19(14-4-2-1-3-5-14)20-18-12-16(22(26)27)10-11-17(18)13-6-8-15(9-7-13)21(24)25/h1-12,17H/b20-18-. The van der Waals surface area contributed by atoms with Crippen LogP contribution >= 0.6 is 0 Å². The molecule has 0 spiro atoms. The second-order valence-electron chi connectivity index (χ2n) is 5.72. The number of nitro groups is 2. The van der Waals surface area contributed by atoms with Crippen molar-refractivity contribution in [3.8, 4) is 0 Å². The van der Waals surface area contributed by atoms with Gasteiger partial charge in [0, 0.05) is 35.8 Å². The van der Waals surface area contributed by atoms with Crippen LogP contribution in [0.25, 0.3) is 0 Å². The van der Waals surface area contributed by atoms with E-state index in [9.17, 15) is 25.0 Å². The molecule has 27 heavy (non-hydrogen) atoms. The maximum absolute atomic E-state index is 12.4. The van der Waals surface area contributed by atoms with E-state index in [-0.39, 0.29) is 17.1 Å². The molecule has 1 unspecified atom stereocenters. The smallest absolute Gasteiger partial charge is 0.267 e. The summed E-state index contributed by atoms with van der Waals surface area (Å²) in [6, 6.07) is 14.1. The van der Waals surface area contributed by atoms with Crippen LogP contribution in [-0.2, 0) is 0 Å². The Bertz CT molecular complexity index is 992. The number of benzene rings is 2. The van der Waals surface area contributed by atoms with Crippen molar-refractivity contribution in [3.05, 3.63) is 110 Å². The Hall–Kier alpha value is -3.94. The minimum absolute atomic E-state index is 0.0705. The summed E-state index contributed by atoms with van der Waals surface area (Å²) in [5, 5.41) is 21.9. The monoisotopic (exact) mass is 363 g/mol. The first-order chi connectivity index (χ1) is 13.0. The van der Waals surface area contributed by atoms with Gasteiger partial charge >= 0.3 is 0 Å². The van der Waals surface area contributed by atoms with E-state index >= 15 is 0 Å². The summed E-state index contributed by atoms with van der Waals surface area (Å²) >= 11 is 0. The van der Waals surface area contributed by atoms with Gasteiger partial charge in [0.05, 0.1) is 15.6 Å². The van der Waals surface area contributed by atoms with Crippen LogP contribution in [0.3, 0.4) is 0 Å². The average Bonchev–Trinajstić information content (AvgIpc) is 2.68. The molecule has 0 aliphatic heterocycles. The van der Waals surface area contributed by atoms with Gasteiger partial charge in [0.1, 0.15) is 0 Å². The Balaban J connectivity index is 2.00. The molecule has 3 rings (SSSR count). The Labute approximate surface area is 153 Å². The van der Waals surface area contributed by atoms with Crippen molar-refractivity contribution in [1.29, 1.82) is 0 Å². The molecule has 0 bridgehead atoms. The van der Waals surface area contributed by atoms with E-state index < -0.39 is 21.7 Å². The highest BCUT2D eigenvalue weighted by Gasteiger charge is 2.24. The van der Waals surface area contributed by atoms with Crippen LogP contribution in [0.15, 0.2) is 83.5 Å². The summed E-state index contributed by atoms with van der Waals surface area (Å²) in [5.41, 5.74) is 0.937. The van der Waals surface area contributed by atoms with Gasteiger partial charge in [-0.05, 0) is 17.7 Å². The van der Waals surface area contributed by atoms with Gasteiger partial charge in [-0.25, -0.2) is 4.99 Å². The van der Waals surface area contributed by atoms with Gasteiger partial charge in [-0.15, -0.1) is 0 Å². The fourth-order valence-electron chi connectivity index (χ4n) is 2.65. The Kier molecular flexibility index (Phi) is 4.98. The summed E-state index contributed by atoms with van der Waals surface area (Å²) in [4.78, 5) is 37.3. The van der Waals surface area contributed by atoms with E-state index in [1.54, 1.807) is 48.5 Å². The zero-order valence-corrected chi connectivity index (χ0v) is 13.9. The molecule has 0 heterocycles. The molecular formula is C19H13N3O5. The number of nitrogens with zero attached hydrogens (tertiary/aromatic N) is 3. The lowest BCUT2D eigenvalue weighted by atomic mass is 9.89. The fourth-order valence-corrected chi connectivity index (χ4v) is 2.65. The predicted octanol–water partition coefficient (Wildman–Crippen LogP) is 3.69. The molecule has 2 aromatic carbocycles. The van der Waals surface area contributed by atoms with Crippen molar-refractivity contribution in [2.24, 2.45) is 4.99 Å². The van der Waals surface area contributed by atoms with E-state index in [0.29, 0.717) is 11.1 Å². The summed E-state index contributed by atoms with van der Waals surface area (Å²) < 4.78 is 0. The first-order valence-electron chi connectivity index (χ1n) is 7.92. The topological polar surface area (TPSA) is 116 Å². The third kappa shape index (κ3) is 4.01. The maximum Gasteiger partial charge on any atom is 0.277 e. The van der Waals surface area contributed by atoms with Crippen LogP contribution in [0.2, 0.25) is 0 Å². The number of carbonyl (C=O) groups is 1. The Morgan fingerprint density at radius 3 is 2.19 bits per heavy atom. The first-order valence-corrected chi connectivity index (χ1v) is 7.92. The quantitative estimate of drug-likeness (QED) is 0.607. The summed E-state index contributed by atoms with van der Waals surface area (Å²) in [6.45, 7) is 0. The number of non-ortho nitro benzene ring substituents is 1. The van der Waals surface area contributed by atoms with E-state index in [0.717, 1.165) is 0 Å². The van der Waals surface area contributed by atoms with Gasteiger partial charge in [0.2, 0.25) is 0 Å². The van der Waals surface area contributed by atoms with Crippen LogP contribution < -0.4 is 0 Å². The lowest BCUT2D eigenvalue weighted by molar-refractivity contribution is -0.418. The molecule has 1 aliphatic carbocycles. The van der Waals surface area contributed by atoms with E-state index in [1.165, 1.54) is 24.3 Å². The number of amides is 1. The van der Waals surface area contributed by atoms with Crippen molar-refractivity contribution < 1.29 is 14.6 Å². The van der Waals surface area contributed by atoms with Crippen LogP contribution in [0, 0.1) is 20.2 Å². The van der Waals surface area contributed by atoms with Crippen LogP contribution in [-0.4, -0.2) is 21.5 Å². The average molecular weight is 363 g/mol. The van der Waals surface area contributed by atoms with Crippen molar-refractivity contribution >= 4 is 17.3 Å². The number of aliphatic imine (C=N–C) groups is 1. The molecule has 0 radical (unpaired) electrons. The molecule has 134 valence electrons. The SMILES string of the molecule is O=C(/N=C1/C=C([N+](=O)[O-])C=CC1c1ccc([N+](=O)[O-])cc1)c1ccccc1. The van der Waals surface area contributed by atoms with Crippen LogP contribution in [0.4, 0.5) is 5.69 Å². The number of allylic oxidation sites excluding steroid dienone is 3. The molecule has 2 aromatic rings. The van der Waals surface area contributed by atoms with E-state index in [2.05, 4.69) is 4.99 Å². The number of hydrogen-bond acceptors (Lipinski definition) is 5. The van der Waals surface area contributed by atoms with Crippen molar-refractivity contribution in [3.63, 3.8) is 0 Å². The molecule has 0 aromatic heterocycles. The van der Waals surface area contributed by atoms with E-state index in [4.69, 9.17) is 0 Å². The highest BCUT2D eigenvalue weighted by atomic mass is 16.6. The van der Waals surface area contributed by atoms with Crippen molar-refractivity contribution in [2.45, 2.75) is 5.92 Å². The van der Waals surface area contributed by atoms with Gasteiger partial charge in [-0.2, -0.15) is 0 Å². The minimum atomic E-state index is -0.564. The van der Waals surface area contributed by atoms with Crippen LogP contribution in [0.5, 0.6) is 0 Å². The van der Waals surface area contributed by atoms with Gasteiger partial charge in [-0.1, -0.05) is 36.4 Å². The number of nitro benzene ring substituents is 1. The molecule has 0 fully saturated rings. The highest BCUT2D eigenvalue weighted by Crippen LogP contribution is 2.27. The normalized spacial score (nSPS) is 17.4. The van der Waals surface area contributed by atoms with Gasteiger partial charge < -0.3 is 0 Å². The molecule has 0 saturated heterocycles. The molecule has 8 heteroatoms. The Morgan fingerprint density at radius 1 is 0.926 bits per heavy atom. The molecule has 0 saturated carbocycles. The molecular weight excluding hydrogens is 350 g/mol. The third-order valence-electron chi connectivity index (χ3n) is 4.00. The lowest BCUT2D eigenvalue weighted by Crippen LogP contribution is -2.16. The zero-order chi connectivity index (χ0) is 19.4. The van der Waals surface area contributed by atoms with E-state index in [1.807, 2.05) is 0 Å². The summed E-state index contributed by atoms with van der Waals surface area (Å²) in [7, 11) is 0. The van der Waals surface area contributed by atoms with Crippen LogP contribution in [0.1, 0.15) is 21.8 Å². The Morgan fingerprint density at radius 2 is 1.59 bits per heavy atom. The molecule has 1 amide bonds. The summed E-state index contributed by atoms with van der Waals surface area (Å²) in [6.07, 6.45) is 4.13. The largest absolute Gasteiger partial charge is 0.277 e. The van der Waals surface area contributed by atoms with Gasteiger partial charge in [0.25, 0.3) is 17.3 Å². The second-order valence-corrected chi connectivity index (χ2v) is 5.72.